The van der Waals surface area contributed by atoms with Gasteiger partial charge in [-0.1, -0.05) is 19.1 Å². The number of H-pyrrole nitrogens is 2. The molecular weight excluding hydrogens is 471 g/mol. The molecule has 6 rings (SSSR count). The molecule has 10 heteroatoms. The summed E-state index contributed by atoms with van der Waals surface area (Å²) >= 11 is 0. The lowest BCUT2D eigenvalue weighted by Crippen LogP contribution is -2.10. The van der Waals surface area contributed by atoms with Crippen molar-refractivity contribution in [3.05, 3.63) is 73.1 Å². The molecule has 3 N–H and O–H groups in total. The van der Waals surface area contributed by atoms with E-state index in [2.05, 4.69) is 35.5 Å². The fourth-order valence-corrected chi connectivity index (χ4v) is 4.24. The fraction of sp³-hybridized carbons (Fsp3) is 0.111. The van der Waals surface area contributed by atoms with Gasteiger partial charge in [0.05, 0.1) is 29.3 Å². The fourth-order valence-electron chi connectivity index (χ4n) is 4.24. The molecule has 182 valence electrons. The Morgan fingerprint density at radius 1 is 1.03 bits per heavy atom. The standard InChI is InChI=1S/C27H21FN8O/c1-2-3-23(37)32-18-10-16(12-29-13-18)21-11-20-22(14-31-21)35-36-25(20)27-33-24-19(8-9-30-26(24)34-27)15-4-6-17(28)7-5-15/h4-14H,2-3H2,1H3,(H,32,37)(H,35,36)(H,30,33,34). The minimum absolute atomic E-state index is 0.0551. The number of amides is 1. The van der Waals surface area contributed by atoms with Gasteiger partial charge in [-0.3, -0.25) is 19.9 Å². The summed E-state index contributed by atoms with van der Waals surface area (Å²) in [7, 11) is 0. The van der Waals surface area contributed by atoms with E-state index in [0.29, 0.717) is 40.5 Å². The first-order valence-corrected chi connectivity index (χ1v) is 11.8. The van der Waals surface area contributed by atoms with Crippen LogP contribution in [0.4, 0.5) is 10.1 Å². The number of halogens is 1. The number of aromatic amines is 2. The van der Waals surface area contributed by atoms with Gasteiger partial charge in [-0.15, -0.1) is 0 Å². The van der Waals surface area contributed by atoms with E-state index in [-0.39, 0.29) is 11.7 Å². The second-order valence-corrected chi connectivity index (χ2v) is 8.60. The van der Waals surface area contributed by atoms with Crippen LogP contribution in [0.15, 0.2) is 67.3 Å². The maximum Gasteiger partial charge on any atom is 0.224 e. The summed E-state index contributed by atoms with van der Waals surface area (Å²) < 4.78 is 13.4. The maximum absolute atomic E-state index is 13.4. The largest absolute Gasteiger partial charge is 0.325 e. The van der Waals surface area contributed by atoms with Crippen molar-refractivity contribution in [2.45, 2.75) is 19.8 Å². The van der Waals surface area contributed by atoms with Crippen molar-refractivity contribution in [3.8, 4) is 33.9 Å². The molecule has 0 radical (unpaired) electrons. The predicted molar refractivity (Wildman–Crippen MR) is 139 cm³/mol. The molecule has 0 spiro atoms. The molecule has 5 aromatic heterocycles. The van der Waals surface area contributed by atoms with Gasteiger partial charge in [0.2, 0.25) is 5.91 Å². The first-order chi connectivity index (χ1) is 18.1. The third-order valence-electron chi connectivity index (χ3n) is 6.01. The van der Waals surface area contributed by atoms with Gasteiger partial charge >= 0.3 is 0 Å². The zero-order valence-electron chi connectivity index (χ0n) is 19.8. The summed E-state index contributed by atoms with van der Waals surface area (Å²) in [6, 6.07) is 11.9. The highest BCUT2D eigenvalue weighted by Crippen LogP contribution is 2.32. The number of aromatic nitrogens is 7. The van der Waals surface area contributed by atoms with Crippen molar-refractivity contribution in [3.63, 3.8) is 0 Å². The summed E-state index contributed by atoms with van der Waals surface area (Å²) in [4.78, 5) is 33.3. The summed E-state index contributed by atoms with van der Waals surface area (Å²) in [6.07, 6.45) is 7.91. The van der Waals surface area contributed by atoms with E-state index in [1.54, 1.807) is 36.9 Å². The van der Waals surface area contributed by atoms with Crippen LogP contribution in [0.5, 0.6) is 0 Å². The van der Waals surface area contributed by atoms with Crippen molar-refractivity contribution < 1.29 is 9.18 Å². The summed E-state index contributed by atoms with van der Waals surface area (Å²) in [5.41, 5.74) is 6.33. The van der Waals surface area contributed by atoms with Crippen molar-refractivity contribution in [2.24, 2.45) is 0 Å². The zero-order valence-corrected chi connectivity index (χ0v) is 19.8. The lowest BCUT2D eigenvalue weighted by molar-refractivity contribution is -0.116. The first kappa shape index (κ1) is 22.5. The number of nitrogens with one attached hydrogen (secondary N) is 3. The Morgan fingerprint density at radius 3 is 2.73 bits per heavy atom. The minimum atomic E-state index is -0.298. The van der Waals surface area contributed by atoms with Gasteiger partial charge in [0.15, 0.2) is 11.5 Å². The molecule has 0 aliphatic carbocycles. The van der Waals surface area contributed by atoms with Crippen molar-refractivity contribution >= 4 is 33.7 Å². The molecule has 9 nitrogen and oxygen atoms in total. The molecule has 0 aliphatic rings. The van der Waals surface area contributed by atoms with Gasteiger partial charge in [-0.2, -0.15) is 5.10 Å². The second-order valence-electron chi connectivity index (χ2n) is 8.60. The number of carbonyl (C=O) groups excluding carboxylic acids is 1. The lowest BCUT2D eigenvalue weighted by Gasteiger charge is -2.06. The molecular formula is C27H21FN8O. The number of pyridine rings is 3. The molecule has 0 bridgehead atoms. The van der Waals surface area contributed by atoms with E-state index in [1.165, 1.54) is 12.1 Å². The SMILES string of the molecule is CCCC(=O)Nc1cncc(-c2cc3c(-c4nc5c(-c6ccc(F)cc6)ccnc5[nH]4)n[nH]c3cn2)c1. The van der Waals surface area contributed by atoms with Gasteiger partial charge in [-0.05, 0) is 42.3 Å². The zero-order chi connectivity index (χ0) is 25.4. The summed E-state index contributed by atoms with van der Waals surface area (Å²) in [6.45, 7) is 1.96. The van der Waals surface area contributed by atoms with Crippen molar-refractivity contribution in [1.82, 2.24) is 35.1 Å². The predicted octanol–water partition coefficient (Wildman–Crippen LogP) is 5.50. The average Bonchev–Trinajstić information content (AvgIpc) is 3.53. The van der Waals surface area contributed by atoms with Crippen LogP contribution in [0.1, 0.15) is 19.8 Å². The Balaban J connectivity index is 1.40. The number of imidazole rings is 1. The smallest absolute Gasteiger partial charge is 0.224 e. The molecule has 0 fully saturated rings. The second kappa shape index (κ2) is 9.23. The van der Waals surface area contributed by atoms with Crippen molar-refractivity contribution in [2.75, 3.05) is 5.32 Å². The number of anilines is 1. The quantitative estimate of drug-likeness (QED) is 0.282. The molecule has 1 amide bonds. The van der Waals surface area contributed by atoms with Crippen LogP contribution in [0.25, 0.3) is 56.0 Å². The van der Waals surface area contributed by atoms with Crippen LogP contribution < -0.4 is 5.32 Å². The average molecular weight is 493 g/mol. The Kier molecular flexibility index (Phi) is 5.61. The van der Waals surface area contributed by atoms with Crippen LogP contribution in [0.2, 0.25) is 0 Å². The third kappa shape index (κ3) is 4.29. The van der Waals surface area contributed by atoms with Crippen molar-refractivity contribution in [1.29, 1.82) is 0 Å². The molecule has 5 heterocycles. The lowest BCUT2D eigenvalue weighted by atomic mass is 10.1. The van der Waals surface area contributed by atoms with Crippen LogP contribution in [-0.2, 0) is 4.79 Å². The highest BCUT2D eigenvalue weighted by molar-refractivity contribution is 5.97. The Labute approximate surface area is 210 Å². The Bertz CT molecular complexity index is 1760. The third-order valence-corrected chi connectivity index (χ3v) is 6.01. The first-order valence-electron chi connectivity index (χ1n) is 11.8. The van der Waals surface area contributed by atoms with Gasteiger partial charge in [-0.25, -0.2) is 14.4 Å². The maximum atomic E-state index is 13.4. The molecule has 0 saturated heterocycles. The summed E-state index contributed by atoms with van der Waals surface area (Å²) in [5.74, 6) is 0.188. The highest BCUT2D eigenvalue weighted by Gasteiger charge is 2.17. The van der Waals surface area contributed by atoms with E-state index in [1.807, 2.05) is 25.1 Å². The van der Waals surface area contributed by atoms with E-state index in [4.69, 9.17) is 4.98 Å². The molecule has 6 aromatic rings. The molecule has 0 saturated carbocycles. The van der Waals surface area contributed by atoms with Gasteiger partial charge < -0.3 is 10.3 Å². The number of hydrogen-bond acceptors (Lipinski definition) is 6. The monoisotopic (exact) mass is 492 g/mol. The number of benzene rings is 1. The normalized spacial score (nSPS) is 11.3. The van der Waals surface area contributed by atoms with Gasteiger partial charge in [0.1, 0.15) is 17.0 Å². The Morgan fingerprint density at radius 2 is 1.89 bits per heavy atom. The van der Waals surface area contributed by atoms with E-state index in [9.17, 15) is 9.18 Å². The number of rotatable bonds is 6. The highest BCUT2D eigenvalue weighted by atomic mass is 19.1. The minimum Gasteiger partial charge on any atom is -0.325 e. The number of fused-ring (bicyclic) bond motifs is 2. The van der Waals surface area contributed by atoms with E-state index in [0.717, 1.165) is 34.0 Å². The molecule has 0 atom stereocenters. The van der Waals surface area contributed by atoms with Crippen LogP contribution in [0.3, 0.4) is 0 Å². The number of carbonyl (C=O) groups is 1. The molecule has 37 heavy (non-hydrogen) atoms. The van der Waals surface area contributed by atoms with E-state index < -0.39 is 0 Å². The molecule has 1 aromatic carbocycles. The van der Waals surface area contributed by atoms with Crippen LogP contribution in [-0.4, -0.2) is 41.0 Å². The number of nitrogens with zero attached hydrogens (tertiary/aromatic N) is 5. The van der Waals surface area contributed by atoms with E-state index >= 15 is 0 Å². The van der Waals surface area contributed by atoms with Gasteiger partial charge in [0.25, 0.3) is 0 Å². The van der Waals surface area contributed by atoms with Gasteiger partial charge in [0, 0.05) is 35.3 Å². The molecule has 0 unspecified atom stereocenters. The summed E-state index contributed by atoms with van der Waals surface area (Å²) in [5, 5.41) is 11.2. The number of hydrogen-bond donors (Lipinski definition) is 3. The molecule has 0 aliphatic heterocycles. The van der Waals surface area contributed by atoms with Crippen LogP contribution in [0, 0.1) is 5.82 Å². The van der Waals surface area contributed by atoms with Crippen LogP contribution >= 0.6 is 0 Å². The topological polar surface area (TPSA) is 125 Å². The Hall–Kier alpha value is -4.99.